The molecule has 0 bridgehead atoms. The van der Waals surface area contributed by atoms with E-state index in [1.807, 2.05) is 6.07 Å². The third-order valence-electron chi connectivity index (χ3n) is 3.67. The quantitative estimate of drug-likeness (QED) is 0.551. The number of esters is 1. The summed E-state index contributed by atoms with van der Waals surface area (Å²) in [5.74, 6) is -0.222. The Kier molecular flexibility index (Phi) is 5.86. The molecule has 0 aliphatic carbocycles. The lowest BCUT2D eigenvalue weighted by Crippen LogP contribution is -2.21. The van der Waals surface area contributed by atoms with E-state index in [4.69, 9.17) is 19.5 Å². The third kappa shape index (κ3) is 4.63. The highest BCUT2D eigenvalue weighted by Gasteiger charge is 2.15. The standard InChI is InChI=1S/C18H15N3O6S/c1-10-4-15(22)21-18(12(10)6-19)28-8-17(24)25-7-16(23)20-11-2-3-13-14(5-11)27-9-26-13/h2-5H,7-9H2,1H3,(H,20,23)(H,21,22). The number of aromatic amines is 1. The molecule has 2 N–H and O–H groups in total. The van der Waals surface area contributed by atoms with Crippen molar-refractivity contribution in [1.29, 1.82) is 5.26 Å². The molecule has 2 heterocycles. The lowest BCUT2D eigenvalue weighted by molar-refractivity contribution is -0.144. The fourth-order valence-electron chi connectivity index (χ4n) is 2.40. The molecule has 28 heavy (non-hydrogen) atoms. The van der Waals surface area contributed by atoms with Gasteiger partial charge in [-0.05, 0) is 24.6 Å². The number of pyridine rings is 1. The summed E-state index contributed by atoms with van der Waals surface area (Å²) in [7, 11) is 0. The number of carbonyl (C=O) groups is 2. The highest BCUT2D eigenvalue weighted by Crippen LogP contribution is 2.34. The van der Waals surface area contributed by atoms with Crippen LogP contribution in [0.2, 0.25) is 0 Å². The smallest absolute Gasteiger partial charge is 0.316 e. The zero-order chi connectivity index (χ0) is 20.1. The molecule has 0 saturated carbocycles. The van der Waals surface area contributed by atoms with E-state index in [0.717, 1.165) is 11.8 Å². The molecule has 1 aromatic carbocycles. The van der Waals surface area contributed by atoms with Gasteiger partial charge in [0, 0.05) is 17.8 Å². The van der Waals surface area contributed by atoms with Gasteiger partial charge in [0.15, 0.2) is 18.1 Å². The van der Waals surface area contributed by atoms with E-state index in [1.165, 1.54) is 6.07 Å². The number of H-pyrrole nitrogens is 1. The topological polar surface area (TPSA) is 131 Å². The second kappa shape index (κ2) is 8.49. The molecule has 2 aromatic rings. The number of fused-ring (bicyclic) bond motifs is 1. The molecule has 144 valence electrons. The highest BCUT2D eigenvalue weighted by atomic mass is 32.2. The van der Waals surface area contributed by atoms with Crippen LogP contribution >= 0.6 is 11.8 Å². The number of aromatic nitrogens is 1. The van der Waals surface area contributed by atoms with Crippen LogP contribution in [0.25, 0.3) is 0 Å². The largest absolute Gasteiger partial charge is 0.455 e. The van der Waals surface area contributed by atoms with Crippen molar-refractivity contribution in [2.75, 3.05) is 24.5 Å². The number of nitriles is 1. The summed E-state index contributed by atoms with van der Waals surface area (Å²) in [6, 6.07) is 8.20. The van der Waals surface area contributed by atoms with Crippen molar-refractivity contribution in [3.63, 3.8) is 0 Å². The van der Waals surface area contributed by atoms with Gasteiger partial charge in [0.25, 0.3) is 5.91 Å². The minimum absolute atomic E-state index is 0.127. The first-order valence-corrected chi connectivity index (χ1v) is 9.07. The van der Waals surface area contributed by atoms with Gasteiger partial charge in [-0.25, -0.2) is 0 Å². The van der Waals surface area contributed by atoms with Crippen LogP contribution in [0.15, 0.2) is 34.1 Å². The molecule has 1 aromatic heterocycles. The molecule has 0 radical (unpaired) electrons. The first-order valence-electron chi connectivity index (χ1n) is 8.08. The summed E-state index contributed by atoms with van der Waals surface area (Å²) < 4.78 is 15.3. The van der Waals surface area contributed by atoms with Gasteiger partial charge in [-0.1, -0.05) is 11.8 Å². The maximum Gasteiger partial charge on any atom is 0.316 e. The lowest BCUT2D eigenvalue weighted by atomic mass is 10.2. The lowest BCUT2D eigenvalue weighted by Gasteiger charge is -2.08. The minimum atomic E-state index is -0.655. The third-order valence-corrected chi connectivity index (χ3v) is 4.65. The van der Waals surface area contributed by atoms with Gasteiger partial charge < -0.3 is 24.5 Å². The number of thioether (sulfide) groups is 1. The maximum atomic E-state index is 11.9. The number of amides is 1. The number of hydrogen-bond acceptors (Lipinski definition) is 8. The van der Waals surface area contributed by atoms with E-state index in [-0.39, 0.29) is 28.7 Å². The van der Waals surface area contributed by atoms with Crippen LogP contribution in [0.5, 0.6) is 11.5 Å². The second-order valence-corrected chi connectivity index (χ2v) is 6.68. The first-order chi connectivity index (χ1) is 13.5. The fraction of sp³-hybridized carbons (Fsp3) is 0.222. The van der Waals surface area contributed by atoms with Crippen molar-refractivity contribution in [3.8, 4) is 17.6 Å². The summed E-state index contributed by atoms with van der Waals surface area (Å²) >= 11 is 0.962. The van der Waals surface area contributed by atoms with Gasteiger partial charge in [0.2, 0.25) is 12.4 Å². The number of nitrogens with zero attached hydrogens (tertiary/aromatic N) is 1. The average molecular weight is 401 g/mol. The summed E-state index contributed by atoms with van der Waals surface area (Å²) in [6.07, 6.45) is 0. The van der Waals surface area contributed by atoms with Crippen molar-refractivity contribution in [3.05, 3.63) is 45.7 Å². The van der Waals surface area contributed by atoms with Crippen LogP contribution in [0, 0.1) is 18.3 Å². The number of benzene rings is 1. The van der Waals surface area contributed by atoms with Crippen molar-refractivity contribution in [2.45, 2.75) is 11.9 Å². The average Bonchev–Trinajstić information content (AvgIpc) is 3.12. The van der Waals surface area contributed by atoms with E-state index in [0.29, 0.717) is 22.7 Å². The summed E-state index contributed by atoms with van der Waals surface area (Å²) in [6.45, 7) is 1.29. The Labute approximate surface area is 163 Å². The van der Waals surface area contributed by atoms with Gasteiger partial charge in [0.05, 0.1) is 16.3 Å². The van der Waals surface area contributed by atoms with E-state index < -0.39 is 18.5 Å². The summed E-state index contributed by atoms with van der Waals surface area (Å²) in [5.41, 5.74) is 0.925. The number of anilines is 1. The molecule has 3 rings (SSSR count). The van der Waals surface area contributed by atoms with Crippen molar-refractivity contribution < 1.29 is 23.8 Å². The Morgan fingerprint density at radius 3 is 2.89 bits per heavy atom. The first kappa shape index (κ1) is 19.3. The molecule has 1 amide bonds. The van der Waals surface area contributed by atoms with Gasteiger partial charge in [0.1, 0.15) is 6.07 Å². The van der Waals surface area contributed by atoms with Crippen LogP contribution in [0.3, 0.4) is 0 Å². The maximum absolute atomic E-state index is 11.9. The number of carbonyl (C=O) groups excluding carboxylic acids is 2. The van der Waals surface area contributed by atoms with Crippen molar-refractivity contribution >= 4 is 29.3 Å². The molecular formula is C18H15N3O6S. The predicted octanol–water partition coefficient (Wildman–Crippen LogP) is 1.56. The van der Waals surface area contributed by atoms with Crippen LogP contribution < -0.4 is 20.3 Å². The SMILES string of the molecule is Cc1cc(=O)[nH]c(SCC(=O)OCC(=O)Nc2ccc3c(c2)OCO3)c1C#N. The van der Waals surface area contributed by atoms with Gasteiger partial charge in [-0.15, -0.1) is 0 Å². The van der Waals surface area contributed by atoms with E-state index in [2.05, 4.69) is 10.3 Å². The molecule has 9 nitrogen and oxygen atoms in total. The van der Waals surface area contributed by atoms with Gasteiger partial charge in [-0.2, -0.15) is 5.26 Å². The van der Waals surface area contributed by atoms with E-state index in [1.54, 1.807) is 25.1 Å². The summed E-state index contributed by atoms with van der Waals surface area (Å²) in [5, 5.41) is 12.0. The molecule has 0 fully saturated rings. The molecule has 10 heteroatoms. The Morgan fingerprint density at radius 2 is 2.11 bits per heavy atom. The van der Waals surface area contributed by atoms with Crippen molar-refractivity contribution in [2.24, 2.45) is 0 Å². The Hall–Kier alpha value is -3.45. The van der Waals surface area contributed by atoms with Crippen molar-refractivity contribution in [1.82, 2.24) is 4.98 Å². The second-order valence-electron chi connectivity index (χ2n) is 5.70. The van der Waals surface area contributed by atoms with Crippen LogP contribution in [-0.2, 0) is 14.3 Å². The number of ether oxygens (including phenoxy) is 3. The summed E-state index contributed by atoms with van der Waals surface area (Å²) in [4.78, 5) is 37.8. The highest BCUT2D eigenvalue weighted by molar-refractivity contribution is 7.99. The Bertz CT molecular complexity index is 1030. The molecular weight excluding hydrogens is 386 g/mol. The fourth-order valence-corrected chi connectivity index (χ4v) is 3.26. The number of hydrogen-bond donors (Lipinski definition) is 2. The molecule has 1 aliphatic heterocycles. The van der Waals surface area contributed by atoms with Gasteiger partial charge >= 0.3 is 5.97 Å². The minimum Gasteiger partial charge on any atom is -0.455 e. The number of rotatable bonds is 6. The van der Waals surface area contributed by atoms with Crippen LogP contribution in [0.4, 0.5) is 5.69 Å². The Balaban J connectivity index is 1.49. The van der Waals surface area contributed by atoms with E-state index in [9.17, 15) is 14.4 Å². The molecule has 0 atom stereocenters. The molecule has 0 spiro atoms. The zero-order valence-electron chi connectivity index (χ0n) is 14.7. The Morgan fingerprint density at radius 1 is 1.32 bits per heavy atom. The molecule has 0 saturated heterocycles. The molecule has 0 unspecified atom stereocenters. The number of nitrogens with one attached hydrogen (secondary N) is 2. The van der Waals surface area contributed by atoms with Crippen LogP contribution in [-0.4, -0.2) is 36.0 Å². The van der Waals surface area contributed by atoms with Gasteiger partial charge in [-0.3, -0.25) is 14.4 Å². The normalized spacial score (nSPS) is 11.6. The zero-order valence-corrected chi connectivity index (χ0v) is 15.6. The van der Waals surface area contributed by atoms with E-state index >= 15 is 0 Å². The number of aryl methyl sites for hydroxylation is 1. The monoisotopic (exact) mass is 401 g/mol. The molecule has 1 aliphatic rings. The predicted molar refractivity (Wildman–Crippen MR) is 99.4 cm³/mol. The van der Waals surface area contributed by atoms with Crippen LogP contribution in [0.1, 0.15) is 11.1 Å².